The average Bonchev–Trinajstić information content (AvgIpc) is 2.97. The molecule has 0 saturated carbocycles. The Labute approximate surface area is 254 Å². The summed E-state index contributed by atoms with van der Waals surface area (Å²) in [4.78, 5) is 32.4. The number of benzene rings is 2. The third-order valence-corrected chi connectivity index (χ3v) is 7.68. The van der Waals surface area contributed by atoms with Gasteiger partial charge in [-0.3, -0.25) is 13.6 Å². The maximum Gasteiger partial charge on any atom is 0.510 e. The van der Waals surface area contributed by atoms with Crippen molar-refractivity contribution < 1.29 is 46.9 Å². The maximum atomic E-state index is 13.9. The van der Waals surface area contributed by atoms with Crippen LogP contribution in [0.25, 0.3) is 21.8 Å². The number of rotatable bonds is 13. The molecule has 13 nitrogen and oxygen atoms in total. The fraction of sp³-hybridized carbons (Fsp3) is 0.333. The summed E-state index contributed by atoms with van der Waals surface area (Å²) in [5.41, 5.74) is 2.67. The first kappa shape index (κ1) is 32.5. The van der Waals surface area contributed by atoms with Crippen molar-refractivity contribution in [3.05, 3.63) is 66.4 Å². The number of carbonyl (C=O) groups excluding carboxylic acids is 2. The van der Waals surface area contributed by atoms with E-state index in [4.69, 9.17) is 32.7 Å². The molecular formula is C30H34N3O10P. The van der Waals surface area contributed by atoms with E-state index >= 15 is 0 Å². The van der Waals surface area contributed by atoms with Gasteiger partial charge in [0.05, 0.1) is 31.2 Å². The molecule has 0 bridgehead atoms. The van der Waals surface area contributed by atoms with Gasteiger partial charge in [-0.15, -0.1) is 0 Å². The van der Waals surface area contributed by atoms with E-state index in [-0.39, 0.29) is 6.16 Å². The Morgan fingerprint density at radius 2 is 1.41 bits per heavy atom. The van der Waals surface area contributed by atoms with Crippen molar-refractivity contribution in [1.82, 2.24) is 9.97 Å². The van der Waals surface area contributed by atoms with Gasteiger partial charge < -0.3 is 29.0 Å². The van der Waals surface area contributed by atoms with E-state index < -0.39 is 45.7 Å². The van der Waals surface area contributed by atoms with Gasteiger partial charge in [-0.1, -0.05) is 30.3 Å². The number of methoxy groups -OCH3 is 1. The summed E-state index contributed by atoms with van der Waals surface area (Å²) in [7, 11) is -2.52. The Balaban J connectivity index is 1.59. The summed E-state index contributed by atoms with van der Waals surface area (Å²) >= 11 is 0. The van der Waals surface area contributed by atoms with Crippen LogP contribution in [0.5, 0.6) is 5.88 Å². The van der Waals surface area contributed by atoms with Crippen LogP contribution in [-0.4, -0.2) is 55.2 Å². The predicted molar refractivity (Wildman–Crippen MR) is 162 cm³/mol. The lowest BCUT2D eigenvalue weighted by Gasteiger charge is -2.20. The molecule has 0 atom stereocenters. The van der Waals surface area contributed by atoms with Crippen LogP contribution in [0.3, 0.4) is 0 Å². The molecule has 2 aromatic carbocycles. The summed E-state index contributed by atoms with van der Waals surface area (Å²) in [6.07, 6.45) is -1.43. The van der Waals surface area contributed by atoms with E-state index in [1.54, 1.807) is 53.1 Å². The van der Waals surface area contributed by atoms with E-state index in [1.807, 2.05) is 42.5 Å². The Morgan fingerprint density at radius 1 is 0.795 bits per heavy atom. The molecule has 4 aromatic rings. The summed E-state index contributed by atoms with van der Waals surface area (Å²) < 4.78 is 49.5. The van der Waals surface area contributed by atoms with Crippen LogP contribution in [0.1, 0.15) is 33.3 Å². The van der Waals surface area contributed by atoms with Gasteiger partial charge in [0.25, 0.3) is 0 Å². The molecule has 0 aliphatic carbocycles. The van der Waals surface area contributed by atoms with Crippen LogP contribution in [-0.2, 0) is 38.7 Å². The van der Waals surface area contributed by atoms with Gasteiger partial charge in [0, 0.05) is 28.7 Å². The molecule has 234 valence electrons. The van der Waals surface area contributed by atoms with Crippen LogP contribution >= 0.6 is 7.60 Å². The smallest absolute Gasteiger partial charge is 0.481 e. The van der Waals surface area contributed by atoms with Crippen molar-refractivity contribution in [3.63, 3.8) is 0 Å². The third kappa shape index (κ3) is 8.79. The second-order valence-corrected chi connectivity index (χ2v) is 12.0. The lowest BCUT2D eigenvalue weighted by molar-refractivity contribution is -0.0304. The molecule has 2 aromatic heterocycles. The molecule has 2 heterocycles. The normalized spacial score (nSPS) is 11.5. The topological polar surface area (TPSA) is 154 Å². The van der Waals surface area contributed by atoms with Gasteiger partial charge in [-0.25, -0.2) is 14.6 Å². The SMILES string of the molecule is COc1ccc2c(Nc3ccc(CP(=O)(OCOC(=O)OC(C)C)OCOC(=O)OC(C)C)c4ccccc34)ccnc2n1. The van der Waals surface area contributed by atoms with Crippen LogP contribution in [0.4, 0.5) is 21.0 Å². The first-order chi connectivity index (χ1) is 21.1. The van der Waals surface area contributed by atoms with Crippen molar-refractivity contribution in [3.8, 4) is 5.88 Å². The number of nitrogens with one attached hydrogen (secondary N) is 1. The Kier molecular flexibility index (Phi) is 10.9. The molecule has 0 amide bonds. The van der Waals surface area contributed by atoms with Crippen molar-refractivity contribution in [1.29, 1.82) is 0 Å². The summed E-state index contributed by atoms with van der Waals surface area (Å²) in [5, 5.41) is 5.81. The van der Waals surface area contributed by atoms with E-state index in [2.05, 4.69) is 15.3 Å². The Bertz CT molecular complexity index is 1630. The zero-order chi connectivity index (χ0) is 31.7. The Morgan fingerprint density at radius 3 is 2.02 bits per heavy atom. The second kappa shape index (κ2) is 14.8. The first-order valence-electron chi connectivity index (χ1n) is 13.7. The minimum absolute atomic E-state index is 0.235. The number of carbonyl (C=O) groups is 2. The van der Waals surface area contributed by atoms with Crippen molar-refractivity contribution in [2.45, 2.75) is 46.1 Å². The molecule has 0 unspecified atom stereocenters. The minimum Gasteiger partial charge on any atom is -0.481 e. The van der Waals surface area contributed by atoms with E-state index in [0.717, 1.165) is 27.5 Å². The van der Waals surface area contributed by atoms with Gasteiger partial charge in [-0.05, 0) is 56.8 Å². The molecule has 0 aliphatic rings. The number of anilines is 2. The molecule has 0 radical (unpaired) electrons. The standard InChI is InChI=1S/C30H34N3O10P/c1-19(2)42-29(34)38-17-40-44(36,41-18-39-30(35)43-20(3)4)16-21-10-12-25(23-9-7-6-8-22(21)23)32-26-14-15-31-28-24(26)11-13-27(33-28)37-5/h6-15,19-20H,16-18H2,1-5H3,(H,31,32,33). The summed E-state index contributed by atoms with van der Waals surface area (Å²) in [6, 6.07) is 16.6. The number of ether oxygens (including phenoxy) is 5. The molecule has 14 heteroatoms. The third-order valence-electron chi connectivity index (χ3n) is 5.95. The number of hydrogen-bond acceptors (Lipinski definition) is 13. The molecule has 4 rings (SSSR count). The highest BCUT2D eigenvalue weighted by Gasteiger charge is 2.29. The van der Waals surface area contributed by atoms with Crippen LogP contribution in [0.15, 0.2) is 60.8 Å². The van der Waals surface area contributed by atoms with E-state index in [0.29, 0.717) is 17.1 Å². The van der Waals surface area contributed by atoms with Crippen molar-refractivity contribution in [2.75, 3.05) is 26.0 Å². The molecular weight excluding hydrogens is 593 g/mol. The van der Waals surface area contributed by atoms with E-state index in [1.165, 1.54) is 0 Å². The quantitative estimate of drug-likeness (QED) is 0.0896. The van der Waals surface area contributed by atoms with Crippen LogP contribution < -0.4 is 10.1 Å². The molecule has 0 saturated heterocycles. The number of hydrogen-bond donors (Lipinski definition) is 1. The number of nitrogens with zero attached hydrogens (tertiary/aromatic N) is 2. The molecule has 0 aliphatic heterocycles. The van der Waals surface area contributed by atoms with Crippen molar-refractivity contribution in [2.24, 2.45) is 0 Å². The lowest BCUT2D eigenvalue weighted by Crippen LogP contribution is -2.16. The monoisotopic (exact) mass is 627 g/mol. The molecule has 0 spiro atoms. The van der Waals surface area contributed by atoms with Gasteiger partial charge in [0.1, 0.15) is 0 Å². The first-order valence-corrected chi connectivity index (χ1v) is 15.4. The average molecular weight is 628 g/mol. The molecule has 1 N–H and O–H groups in total. The number of fused-ring (bicyclic) bond motifs is 2. The summed E-state index contributed by atoms with van der Waals surface area (Å²) in [6.45, 7) is 5.17. The largest absolute Gasteiger partial charge is 0.510 e. The van der Waals surface area contributed by atoms with Crippen LogP contribution in [0, 0.1) is 0 Å². The second-order valence-electron chi connectivity index (χ2n) is 9.91. The predicted octanol–water partition coefficient (Wildman–Crippen LogP) is 7.30. The zero-order valence-electron chi connectivity index (χ0n) is 25.0. The molecule has 44 heavy (non-hydrogen) atoms. The minimum atomic E-state index is -4.06. The zero-order valence-corrected chi connectivity index (χ0v) is 25.9. The molecule has 0 fully saturated rings. The van der Waals surface area contributed by atoms with Gasteiger partial charge in [0.2, 0.25) is 19.5 Å². The highest BCUT2D eigenvalue weighted by molar-refractivity contribution is 7.53. The fourth-order valence-electron chi connectivity index (χ4n) is 4.09. The maximum absolute atomic E-state index is 13.9. The van der Waals surface area contributed by atoms with E-state index in [9.17, 15) is 14.2 Å². The fourth-order valence-corrected chi connectivity index (χ4v) is 5.46. The number of aromatic nitrogens is 2. The highest BCUT2D eigenvalue weighted by Crippen LogP contribution is 2.52. The highest BCUT2D eigenvalue weighted by atomic mass is 31.2. The summed E-state index contributed by atoms with van der Waals surface area (Å²) in [5.74, 6) is 0.454. The number of pyridine rings is 2. The Hall–Kier alpha value is -4.45. The van der Waals surface area contributed by atoms with Crippen LogP contribution in [0.2, 0.25) is 0 Å². The van der Waals surface area contributed by atoms with Crippen molar-refractivity contribution >= 4 is 53.1 Å². The van der Waals surface area contributed by atoms with Gasteiger partial charge in [-0.2, -0.15) is 4.98 Å². The van der Waals surface area contributed by atoms with Gasteiger partial charge in [0.15, 0.2) is 5.65 Å². The van der Waals surface area contributed by atoms with Gasteiger partial charge >= 0.3 is 19.9 Å². The lowest BCUT2D eigenvalue weighted by atomic mass is 10.0.